The summed E-state index contributed by atoms with van der Waals surface area (Å²) < 4.78 is 4.02. The Bertz CT molecular complexity index is 1760. The molecule has 0 radical (unpaired) electrons. The van der Waals surface area contributed by atoms with E-state index in [4.69, 9.17) is 15.9 Å². The first kappa shape index (κ1) is 18.2. The van der Waals surface area contributed by atoms with E-state index in [1.807, 2.05) is 27.4 Å². The minimum atomic E-state index is 0.751. The molecule has 0 bridgehead atoms. The molecule has 0 aliphatic carbocycles. The SMILES string of the molecule is Cc1cc(N)ccc1-c1cc(-c2ccc3cn(Cc4ccccc4)nc3c2)c2c3nc3nn12. The number of anilines is 1. The third-order valence-corrected chi connectivity index (χ3v) is 6.35. The zero-order valence-corrected chi connectivity index (χ0v) is 18.0. The molecule has 0 aliphatic rings. The first-order valence-corrected chi connectivity index (χ1v) is 11.0. The summed E-state index contributed by atoms with van der Waals surface area (Å²) in [6, 6.07) is 25.1. The molecule has 0 aliphatic heterocycles. The standard InChI is InChI=1S/C27H20N6/c1-16-11-20(28)9-10-21(16)24-13-22(26-25-27(29-25)31-33(24)26)18-7-8-19-15-32(30-23(19)12-18)14-17-5-3-2-4-6-17/h2-13,15H,14,28H2,1H3. The van der Waals surface area contributed by atoms with Crippen molar-refractivity contribution >= 4 is 33.3 Å². The van der Waals surface area contributed by atoms with Crippen LogP contribution in [0.4, 0.5) is 5.69 Å². The maximum Gasteiger partial charge on any atom is 0.201 e. The van der Waals surface area contributed by atoms with Crippen LogP contribution in [0.25, 0.3) is 50.0 Å². The molecule has 158 valence electrons. The van der Waals surface area contributed by atoms with Crippen LogP contribution in [0.5, 0.6) is 0 Å². The fourth-order valence-electron chi connectivity index (χ4n) is 4.71. The lowest BCUT2D eigenvalue weighted by molar-refractivity contribution is 0.696. The third kappa shape index (κ3) is 2.84. The predicted molar refractivity (Wildman–Crippen MR) is 132 cm³/mol. The van der Waals surface area contributed by atoms with E-state index in [1.54, 1.807) is 0 Å². The number of nitrogens with two attached hydrogens (primary N) is 1. The molecule has 6 nitrogen and oxygen atoms in total. The Morgan fingerprint density at radius 3 is 2.61 bits per heavy atom. The number of fused-ring (bicyclic) bond motifs is 4. The van der Waals surface area contributed by atoms with Gasteiger partial charge in [0, 0.05) is 28.4 Å². The molecule has 4 heterocycles. The van der Waals surface area contributed by atoms with E-state index in [2.05, 4.69) is 72.7 Å². The first-order chi connectivity index (χ1) is 16.1. The van der Waals surface area contributed by atoms with Crippen LogP contribution in [0, 0.1) is 6.92 Å². The Balaban J connectivity index is 1.35. The molecule has 0 spiro atoms. The fourth-order valence-corrected chi connectivity index (χ4v) is 4.71. The molecule has 4 aromatic heterocycles. The Hall–Kier alpha value is -4.45. The van der Waals surface area contributed by atoms with Crippen LogP contribution in [-0.4, -0.2) is 24.4 Å². The lowest BCUT2D eigenvalue weighted by Gasteiger charge is -2.05. The van der Waals surface area contributed by atoms with E-state index in [0.29, 0.717) is 0 Å². The molecule has 0 atom stereocenters. The number of aryl methyl sites for hydroxylation is 1. The van der Waals surface area contributed by atoms with Gasteiger partial charge in [0.05, 0.1) is 17.8 Å². The van der Waals surface area contributed by atoms with Gasteiger partial charge in [-0.25, -0.2) is 9.50 Å². The van der Waals surface area contributed by atoms with Gasteiger partial charge in [-0.15, -0.1) is 5.10 Å². The van der Waals surface area contributed by atoms with Gasteiger partial charge in [-0.1, -0.05) is 48.5 Å². The monoisotopic (exact) mass is 428 g/mol. The van der Waals surface area contributed by atoms with Crippen LogP contribution in [0.1, 0.15) is 11.1 Å². The zero-order valence-electron chi connectivity index (χ0n) is 18.0. The van der Waals surface area contributed by atoms with E-state index < -0.39 is 0 Å². The van der Waals surface area contributed by atoms with Crippen LogP contribution in [0.15, 0.2) is 79.0 Å². The van der Waals surface area contributed by atoms with E-state index >= 15 is 0 Å². The molecular weight excluding hydrogens is 408 g/mol. The molecule has 3 aromatic carbocycles. The Morgan fingerprint density at radius 2 is 1.76 bits per heavy atom. The van der Waals surface area contributed by atoms with Crippen LogP contribution in [0.3, 0.4) is 0 Å². The lowest BCUT2D eigenvalue weighted by atomic mass is 10.0. The summed E-state index contributed by atoms with van der Waals surface area (Å²) in [6.07, 6.45) is 2.10. The Kier molecular flexibility index (Phi) is 3.59. The number of rotatable bonds is 4. The van der Waals surface area contributed by atoms with Crippen molar-refractivity contribution in [1.29, 1.82) is 0 Å². The van der Waals surface area contributed by atoms with Crippen LogP contribution < -0.4 is 5.73 Å². The van der Waals surface area contributed by atoms with Gasteiger partial charge in [0.25, 0.3) is 0 Å². The number of benzene rings is 3. The maximum absolute atomic E-state index is 5.98. The molecule has 6 heteroatoms. The summed E-state index contributed by atoms with van der Waals surface area (Å²) in [5, 5.41) is 10.7. The van der Waals surface area contributed by atoms with Crippen molar-refractivity contribution in [3.05, 3.63) is 90.1 Å². The highest BCUT2D eigenvalue weighted by Crippen LogP contribution is 2.40. The molecular formula is C27H20N6. The van der Waals surface area contributed by atoms with Crippen molar-refractivity contribution in [3.63, 3.8) is 0 Å². The maximum atomic E-state index is 5.98. The highest BCUT2D eigenvalue weighted by Gasteiger charge is 2.24. The van der Waals surface area contributed by atoms with Crippen molar-refractivity contribution < 1.29 is 0 Å². The smallest absolute Gasteiger partial charge is 0.201 e. The molecule has 0 saturated carbocycles. The number of hydrogen-bond acceptors (Lipinski definition) is 4. The number of nitrogens with zero attached hydrogens (tertiary/aromatic N) is 5. The van der Waals surface area contributed by atoms with Crippen LogP contribution in [0.2, 0.25) is 0 Å². The predicted octanol–water partition coefficient (Wildman–Crippen LogP) is 5.38. The fraction of sp³-hybridized carbons (Fsp3) is 0.0741. The Labute approximate surface area is 189 Å². The second-order valence-corrected chi connectivity index (χ2v) is 8.65. The van der Waals surface area contributed by atoms with Crippen molar-refractivity contribution in [3.8, 4) is 22.4 Å². The van der Waals surface area contributed by atoms with E-state index in [-0.39, 0.29) is 0 Å². The van der Waals surface area contributed by atoms with E-state index in [1.165, 1.54) is 5.56 Å². The number of hydrogen-bond donors (Lipinski definition) is 1. The van der Waals surface area contributed by atoms with Gasteiger partial charge >= 0.3 is 0 Å². The Morgan fingerprint density at radius 1 is 0.879 bits per heavy atom. The van der Waals surface area contributed by atoms with E-state index in [9.17, 15) is 0 Å². The van der Waals surface area contributed by atoms with Crippen LogP contribution in [-0.2, 0) is 6.54 Å². The van der Waals surface area contributed by atoms with Crippen LogP contribution >= 0.6 is 0 Å². The highest BCUT2D eigenvalue weighted by molar-refractivity contribution is 6.07. The van der Waals surface area contributed by atoms with E-state index in [0.717, 1.165) is 67.8 Å². The number of aromatic nitrogens is 5. The van der Waals surface area contributed by atoms with Gasteiger partial charge in [-0.3, -0.25) is 4.68 Å². The summed E-state index contributed by atoms with van der Waals surface area (Å²) in [5.74, 6) is 0. The lowest BCUT2D eigenvalue weighted by Crippen LogP contribution is -1.99. The summed E-state index contributed by atoms with van der Waals surface area (Å²) in [5.41, 5.74) is 17.4. The summed E-state index contributed by atoms with van der Waals surface area (Å²) in [7, 11) is 0. The largest absolute Gasteiger partial charge is 0.399 e. The zero-order chi connectivity index (χ0) is 22.1. The minimum Gasteiger partial charge on any atom is -0.399 e. The second kappa shape index (κ2) is 6.53. The molecule has 7 rings (SSSR count). The topological polar surface area (TPSA) is 74.0 Å². The molecule has 7 aromatic rings. The third-order valence-electron chi connectivity index (χ3n) is 6.35. The molecule has 2 N–H and O–H groups in total. The normalized spacial score (nSPS) is 12.0. The molecule has 33 heavy (non-hydrogen) atoms. The summed E-state index contributed by atoms with van der Waals surface area (Å²) >= 11 is 0. The number of nitrogen functional groups attached to an aromatic ring is 1. The van der Waals surface area contributed by atoms with Gasteiger partial charge in [0.15, 0.2) is 0 Å². The van der Waals surface area contributed by atoms with Crippen molar-refractivity contribution in [2.24, 2.45) is 0 Å². The molecule has 0 unspecified atom stereocenters. The summed E-state index contributed by atoms with van der Waals surface area (Å²) in [4.78, 5) is 4.45. The first-order valence-electron chi connectivity index (χ1n) is 11.0. The van der Waals surface area contributed by atoms with Gasteiger partial charge in [0.1, 0.15) is 11.0 Å². The van der Waals surface area contributed by atoms with Crippen molar-refractivity contribution in [1.82, 2.24) is 24.4 Å². The van der Waals surface area contributed by atoms with Crippen molar-refractivity contribution in [2.75, 3.05) is 5.73 Å². The second-order valence-electron chi connectivity index (χ2n) is 8.65. The average molecular weight is 428 g/mol. The van der Waals surface area contributed by atoms with Gasteiger partial charge in [-0.2, -0.15) is 5.10 Å². The highest BCUT2D eigenvalue weighted by atomic mass is 15.3. The van der Waals surface area contributed by atoms with Gasteiger partial charge in [0.2, 0.25) is 5.65 Å². The molecule has 0 amide bonds. The van der Waals surface area contributed by atoms with Crippen molar-refractivity contribution in [2.45, 2.75) is 13.5 Å². The molecule has 0 saturated heterocycles. The van der Waals surface area contributed by atoms with Gasteiger partial charge in [-0.05, 0) is 47.9 Å². The minimum absolute atomic E-state index is 0.751. The van der Waals surface area contributed by atoms with Gasteiger partial charge < -0.3 is 5.73 Å². The molecule has 0 fully saturated rings. The quantitative estimate of drug-likeness (QED) is 0.382. The summed E-state index contributed by atoms with van der Waals surface area (Å²) in [6.45, 7) is 2.83. The average Bonchev–Trinajstić information content (AvgIpc) is 3.14.